The Hall–Kier alpha value is -1.89. The van der Waals surface area contributed by atoms with Gasteiger partial charge in [0.05, 0.1) is 5.25 Å². The number of hydrogen-bond acceptors (Lipinski definition) is 4. The molecule has 0 aliphatic rings. The van der Waals surface area contributed by atoms with Gasteiger partial charge in [-0.25, -0.2) is 9.37 Å². The van der Waals surface area contributed by atoms with Crippen molar-refractivity contribution in [3.05, 3.63) is 41.5 Å². The van der Waals surface area contributed by atoms with Crippen LogP contribution in [0.25, 0.3) is 0 Å². The van der Waals surface area contributed by atoms with Crippen LogP contribution in [0, 0.1) is 5.82 Å². The fraction of sp³-hybridized carbons (Fsp3) is 0.357. The average Bonchev–Trinajstić information content (AvgIpc) is 2.94. The van der Waals surface area contributed by atoms with Crippen molar-refractivity contribution in [2.75, 3.05) is 0 Å². The van der Waals surface area contributed by atoms with Crippen LogP contribution in [0.1, 0.15) is 25.2 Å². The molecule has 112 valence electrons. The summed E-state index contributed by atoms with van der Waals surface area (Å²) in [6.45, 7) is 4.15. The number of amides is 1. The molecule has 0 spiro atoms. The van der Waals surface area contributed by atoms with Crippen LogP contribution in [0.2, 0.25) is 0 Å². The van der Waals surface area contributed by atoms with Crippen LogP contribution in [0.3, 0.4) is 0 Å². The minimum Gasteiger partial charge on any atom is -0.351 e. The second-order valence-corrected chi connectivity index (χ2v) is 5.83. The van der Waals surface area contributed by atoms with Gasteiger partial charge < -0.3 is 5.32 Å². The molecule has 2 N–H and O–H groups in total. The Morgan fingerprint density at radius 3 is 2.76 bits per heavy atom. The predicted octanol–water partition coefficient (Wildman–Crippen LogP) is 2.30. The van der Waals surface area contributed by atoms with Crippen LogP contribution in [-0.4, -0.2) is 26.3 Å². The highest BCUT2D eigenvalue weighted by Crippen LogP contribution is 2.19. The van der Waals surface area contributed by atoms with E-state index in [9.17, 15) is 9.18 Å². The molecule has 0 fully saturated rings. The highest BCUT2D eigenvalue weighted by Gasteiger charge is 2.16. The number of nitrogens with zero attached hydrogens (tertiary/aromatic N) is 2. The summed E-state index contributed by atoms with van der Waals surface area (Å²) in [4.78, 5) is 16.2. The lowest BCUT2D eigenvalue weighted by atomic mass is 10.2. The minimum atomic E-state index is -0.300. The first-order valence-electron chi connectivity index (χ1n) is 6.68. The summed E-state index contributed by atoms with van der Waals surface area (Å²) in [6.07, 6.45) is 0.776. The molecule has 7 heteroatoms. The third-order valence-electron chi connectivity index (χ3n) is 2.88. The normalized spacial score (nSPS) is 12.1. The Balaban J connectivity index is 1.83. The van der Waals surface area contributed by atoms with E-state index >= 15 is 0 Å². The molecule has 0 bridgehead atoms. The molecule has 1 atom stereocenters. The summed E-state index contributed by atoms with van der Waals surface area (Å²) in [5, 5.41) is 9.93. The maximum atomic E-state index is 12.8. The van der Waals surface area contributed by atoms with E-state index in [0.717, 1.165) is 17.8 Å². The number of halogens is 1. The van der Waals surface area contributed by atoms with E-state index in [1.165, 1.54) is 23.9 Å². The summed E-state index contributed by atoms with van der Waals surface area (Å²) in [7, 11) is 0. The van der Waals surface area contributed by atoms with Crippen LogP contribution in [0.4, 0.5) is 4.39 Å². The molecule has 2 aromatic rings. The van der Waals surface area contributed by atoms with Gasteiger partial charge in [-0.1, -0.05) is 30.8 Å². The van der Waals surface area contributed by atoms with Crippen molar-refractivity contribution in [2.45, 2.75) is 37.2 Å². The van der Waals surface area contributed by atoms with E-state index in [0.29, 0.717) is 11.7 Å². The minimum absolute atomic E-state index is 0.104. The van der Waals surface area contributed by atoms with Crippen molar-refractivity contribution < 1.29 is 9.18 Å². The van der Waals surface area contributed by atoms with Gasteiger partial charge in [0, 0.05) is 13.0 Å². The van der Waals surface area contributed by atoms with Gasteiger partial charge in [0.1, 0.15) is 11.6 Å². The number of carbonyl (C=O) groups excluding carboxylic acids is 1. The number of carbonyl (C=O) groups is 1. The van der Waals surface area contributed by atoms with Crippen LogP contribution < -0.4 is 5.32 Å². The van der Waals surface area contributed by atoms with Gasteiger partial charge in [-0.2, -0.15) is 0 Å². The molecule has 0 aliphatic heterocycles. The number of aromatic nitrogens is 3. The molecular formula is C14H17FN4OS. The molecule has 0 radical (unpaired) electrons. The van der Waals surface area contributed by atoms with E-state index in [4.69, 9.17) is 0 Å². The maximum Gasteiger partial charge on any atom is 0.233 e. The summed E-state index contributed by atoms with van der Waals surface area (Å²) in [6, 6.07) is 6.05. The Labute approximate surface area is 126 Å². The Kier molecular flexibility index (Phi) is 5.32. The highest BCUT2D eigenvalue weighted by atomic mass is 32.2. The first-order valence-corrected chi connectivity index (χ1v) is 7.56. The van der Waals surface area contributed by atoms with Gasteiger partial charge in [0.2, 0.25) is 11.1 Å². The topological polar surface area (TPSA) is 70.7 Å². The number of aromatic amines is 1. The molecular weight excluding hydrogens is 291 g/mol. The number of nitrogens with one attached hydrogen (secondary N) is 2. The fourth-order valence-electron chi connectivity index (χ4n) is 1.64. The SMILES string of the molecule is CCc1nc(SC(C)C(=O)NCc2ccc(F)cc2)n[nH]1. The maximum absolute atomic E-state index is 12.8. The Bertz CT molecular complexity index is 599. The lowest BCUT2D eigenvalue weighted by Gasteiger charge is -2.10. The molecule has 1 aromatic carbocycles. The molecule has 1 aromatic heterocycles. The molecule has 1 unspecified atom stereocenters. The van der Waals surface area contributed by atoms with Gasteiger partial charge in [-0.05, 0) is 24.6 Å². The predicted molar refractivity (Wildman–Crippen MR) is 79.3 cm³/mol. The smallest absolute Gasteiger partial charge is 0.233 e. The van der Waals surface area contributed by atoms with E-state index in [1.807, 2.05) is 6.92 Å². The number of H-pyrrole nitrogens is 1. The van der Waals surface area contributed by atoms with Crippen molar-refractivity contribution in [3.8, 4) is 0 Å². The first-order chi connectivity index (χ1) is 10.1. The third kappa shape index (κ3) is 4.56. The largest absolute Gasteiger partial charge is 0.351 e. The second-order valence-electron chi connectivity index (χ2n) is 4.52. The van der Waals surface area contributed by atoms with Crippen molar-refractivity contribution in [3.63, 3.8) is 0 Å². The Morgan fingerprint density at radius 1 is 1.43 bits per heavy atom. The van der Waals surface area contributed by atoms with Gasteiger partial charge in [0.25, 0.3) is 0 Å². The molecule has 2 rings (SSSR count). The van der Waals surface area contributed by atoms with Gasteiger partial charge in [-0.15, -0.1) is 5.10 Å². The number of thioether (sulfide) groups is 1. The van der Waals surface area contributed by atoms with Crippen molar-refractivity contribution in [1.82, 2.24) is 20.5 Å². The van der Waals surface area contributed by atoms with E-state index in [2.05, 4.69) is 20.5 Å². The van der Waals surface area contributed by atoms with Gasteiger partial charge >= 0.3 is 0 Å². The molecule has 1 amide bonds. The highest BCUT2D eigenvalue weighted by molar-refractivity contribution is 8.00. The van der Waals surface area contributed by atoms with E-state index < -0.39 is 0 Å². The summed E-state index contributed by atoms with van der Waals surface area (Å²) in [5.41, 5.74) is 0.855. The quantitative estimate of drug-likeness (QED) is 0.803. The molecule has 5 nitrogen and oxygen atoms in total. The third-order valence-corrected chi connectivity index (χ3v) is 3.84. The fourth-order valence-corrected chi connectivity index (χ4v) is 2.40. The van der Waals surface area contributed by atoms with E-state index in [-0.39, 0.29) is 17.0 Å². The summed E-state index contributed by atoms with van der Waals surface area (Å²) in [5.74, 6) is 0.411. The molecule has 21 heavy (non-hydrogen) atoms. The van der Waals surface area contributed by atoms with Crippen LogP contribution in [-0.2, 0) is 17.8 Å². The van der Waals surface area contributed by atoms with Crippen molar-refractivity contribution in [2.24, 2.45) is 0 Å². The number of benzene rings is 1. The van der Waals surface area contributed by atoms with Crippen LogP contribution in [0.5, 0.6) is 0 Å². The van der Waals surface area contributed by atoms with E-state index in [1.54, 1.807) is 19.1 Å². The molecule has 0 saturated heterocycles. The molecule has 0 aliphatic carbocycles. The van der Waals surface area contributed by atoms with Gasteiger partial charge in [0.15, 0.2) is 0 Å². The zero-order valence-corrected chi connectivity index (χ0v) is 12.7. The zero-order valence-electron chi connectivity index (χ0n) is 11.9. The van der Waals surface area contributed by atoms with Gasteiger partial charge in [-0.3, -0.25) is 9.89 Å². The zero-order chi connectivity index (χ0) is 15.2. The molecule has 1 heterocycles. The van der Waals surface area contributed by atoms with Crippen LogP contribution in [0.15, 0.2) is 29.4 Å². The first kappa shape index (κ1) is 15.5. The Morgan fingerprint density at radius 2 is 2.14 bits per heavy atom. The summed E-state index contributed by atoms with van der Waals surface area (Å²) < 4.78 is 12.8. The number of rotatable bonds is 6. The number of hydrogen-bond donors (Lipinski definition) is 2. The second kappa shape index (κ2) is 7.21. The number of aryl methyl sites for hydroxylation is 1. The monoisotopic (exact) mass is 308 g/mol. The van der Waals surface area contributed by atoms with Crippen molar-refractivity contribution in [1.29, 1.82) is 0 Å². The lowest BCUT2D eigenvalue weighted by Crippen LogP contribution is -2.30. The average molecular weight is 308 g/mol. The van der Waals surface area contributed by atoms with Crippen molar-refractivity contribution >= 4 is 17.7 Å². The van der Waals surface area contributed by atoms with Crippen LogP contribution >= 0.6 is 11.8 Å². The standard InChI is InChI=1S/C14H17FN4OS/c1-3-12-17-14(19-18-12)21-9(2)13(20)16-8-10-4-6-11(15)7-5-10/h4-7,9H,3,8H2,1-2H3,(H,16,20)(H,17,18,19). The summed E-state index contributed by atoms with van der Waals surface area (Å²) >= 11 is 1.30. The molecule has 0 saturated carbocycles. The lowest BCUT2D eigenvalue weighted by molar-refractivity contribution is -0.120.